The summed E-state index contributed by atoms with van der Waals surface area (Å²) in [5.74, 6) is 0. The fraction of sp³-hybridized carbons (Fsp3) is 0. The first-order valence-corrected chi connectivity index (χ1v) is 44.5. The molecule has 1 aliphatic carbocycles. The lowest BCUT2D eigenvalue weighted by Crippen LogP contribution is -1.87. The maximum absolute atomic E-state index is 2.51. The van der Waals surface area contributed by atoms with Crippen molar-refractivity contribution in [3.8, 4) is 22.3 Å². The molecule has 0 spiro atoms. The van der Waals surface area contributed by atoms with Crippen molar-refractivity contribution in [2.75, 3.05) is 0 Å². The van der Waals surface area contributed by atoms with Gasteiger partial charge in [0.2, 0.25) is 0 Å². The highest BCUT2D eigenvalue weighted by atomic mass is 14.3. The minimum absolute atomic E-state index is 1.31. The van der Waals surface area contributed by atoms with E-state index in [1.165, 1.54) is 345 Å². The predicted octanol–water partition coefficient (Wildman–Crippen LogP) is 36.2. The van der Waals surface area contributed by atoms with Crippen LogP contribution in [0, 0.1) is 0 Å². The summed E-state index contributed by atoms with van der Waals surface area (Å²) in [5.41, 5.74) is 5.48. The first-order chi connectivity index (χ1) is 62.5. The van der Waals surface area contributed by atoms with Gasteiger partial charge in [-0.3, -0.25) is 0 Å². The third-order valence-electron chi connectivity index (χ3n) is 31.3. The third kappa shape index (κ3) is 7.55. The lowest BCUT2D eigenvalue weighted by molar-refractivity contribution is 1.73. The topological polar surface area (TPSA) is 0 Å². The molecule has 126 heavy (non-hydrogen) atoms. The van der Waals surface area contributed by atoms with E-state index in [4.69, 9.17) is 0 Å². The minimum atomic E-state index is 1.31. The highest BCUT2D eigenvalue weighted by Crippen LogP contribution is 2.58. The van der Waals surface area contributed by atoms with Gasteiger partial charge in [-0.15, -0.1) is 0 Å². The van der Waals surface area contributed by atoms with Crippen LogP contribution in [0.25, 0.3) is 345 Å². The van der Waals surface area contributed by atoms with Crippen molar-refractivity contribution in [1.82, 2.24) is 0 Å². The summed E-state index contributed by atoms with van der Waals surface area (Å²) in [7, 11) is 0. The molecule has 0 nitrogen and oxygen atoms in total. The quantitative estimate of drug-likeness (QED) is 0.105. The van der Waals surface area contributed by atoms with Gasteiger partial charge in [0.15, 0.2) is 0 Å². The molecule has 0 fully saturated rings. The molecule has 34 aromatic carbocycles. The smallest absolute Gasteiger partial charge is 0.00137 e. The molecule has 0 atom stereocenters. The van der Waals surface area contributed by atoms with Crippen molar-refractivity contribution < 1.29 is 0 Å². The molecule has 0 N–H and O–H groups in total. The van der Waals surface area contributed by atoms with E-state index < -0.39 is 0 Å². The molecule has 0 aliphatic heterocycles. The Morgan fingerprint density at radius 2 is 0.222 bits per heavy atom. The Bertz CT molecular complexity index is 10100. The van der Waals surface area contributed by atoms with Gasteiger partial charge in [0, 0.05) is 0 Å². The van der Waals surface area contributed by atoms with Crippen LogP contribution in [0.5, 0.6) is 0 Å². The van der Waals surface area contributed by atoms with Crippen LogP contribution in [-0.4, -0.2) is 0 Å². The summed E-state index contributed by atoms with van der Waals surface area (Å²) in [6.07, 6.45) is 0. The molecule has 0 aromatic heterocycles. The fourth-order valence-corrected chi connectivity index (χ4v) is 26.5. The van der Waals surface area contributed by atoms with Crippen molar-refractivity contribution in [3.05, 3.63) is 376 Å². The van der Waals surface area contributed by atoms with Gasteiger partial charge in [-0.1, -0.05) is 352 Å². The third-order valence-corrected chi connectivity index (χ3v) is 31.3. The molecule has 566 valence electrons. The van der Waals surface area contributed by atoms with Crippen molar-refractivity contribution >= 4 is 323 Å². The Morgan fingerprint density at radius 3 is 0.437 bits per heavy atom. The zero-order valence-corrected chi connectivity index (χ0v) is 67.8. The standard InChI is InChI=1S/C50H24.C46H22.C30H16/c1-5-25-7-3-11-29-37-21-23-41-45-31-14-16-34-40-20-18-36-28-10-2-6-26-8-4-12-30(44(26)28)38-22-24-42(50(40)48(36)38)46(34)32(31)13-15-33(45)39-19-17-35(47(37)49(39)41)27(9-1)43(25)29;1-5-23-6-2-10-26-30-14-18-34-38-22-40-36-20-16-32-28-12-4-8-24-7-3-11-27(42(24)28)31-15-19-35(46(36)44(31)32)39(40)21-37(38)33-17-13-29(43(30)45(33)34)25(9-1)41(23)26;1-2-6-19-16-27-25-14-12-23-21-10-4-8-17-7-3-9-20(28(17)21)22-11-13-24(30(25)29(22)23)26(27)15-18(19)5-1/h1-24H;1-22H;1-16H. The molecular weight excluding hydrogens is 1510 g/mol. The maximum atomic E-state index is 2.51. The van der Waals surface area contributed by atoms with Crippen LogP contribution in [-0.2, 0) is 0 Å². The number of hydrogen-bond donors (Lipinski definition) is 0. The number of hydrogen-bond acceptors (Lipinski definition) is 0. The SMILES string of the molecule is c1cc2cccc3c4ccc5c6c7ccc8c9ccc%10c%11cccc%12cccc(c%13ccc(c8c7ccc6c6ccc(c(c1)c23)c4c65)c9c%10%13)c%12%11.c1cc2cccc3c4ccc5c6cc7c(cc6c6ccc(c(c1)c23)c4c65)c1ccc2c3cccc4cccc(c5ccc7c1c25)c43.c1ccc2cc3c(cc2c1)-c1ccc2c4cccc5cccc(c6ccc-3c1c26)c54. The molecule has 34 aromatic rings. The van der Waals surface area contributed by atoms with Crippen molar-refractivity contribution in [2.24, 2.45) is 0 Å². The molecule has 1 aliphatic rings. The van der Waals surface area contributed by atoms with Crippen LogP contribution in [0.4, 0.5) is 0 Å². The summed E-state index contributed by atoms with van der Waals surface area (Å²) in [4.78, 5) is 0. The monoisotopic (exact) mass is 1570 g/mol. The molecule has 0 saturated carbocycles. The van der Waals surface area contributed by atoms with Gasteiger partial charge in [-0.2, -0.15) is 0 Å². The lowest BCUT2D eigenvalue weighted by atomic mass is 9.88. The molecule has 0 saturated heterocycles. The van der Waals surface area contributed by atoms with Gasteiger partial charge in [0.05, 0.1) is 0 Å². The summed E-state index contributed by atoms with van der Waals surface area (Å²) >= 11 is 0. The average Bonchev–Trinajstić information content (AvgIpc) is 1.52. The molecule has 0 bridgehead atoms. The van der Waals surface area contributed by atoms with Crippen LogP contribution in [0.1, 0.15) is 0 Å². The van der Waals surface area contributed by atoms with Gasteiger partial charge < -0.3 is 0 Å². The van der Waals surface area contributed by atoms with Gasteiger partial charge in [0.1, 0.15) is 0 Å². The molecular formula is C126H62. The van der Waals surface area contributed by atoms with E-state index in [0.29, 0.717) is 0 Å². The molecule has 0 radical (unpaired) electrons. The molecule has 35 rings (SSSR count). The van der Waals surface area contributed by atoms with Gasteiger partial charge in [0.25, 0.3) is 0 Å². The Kier molecular flexibility index (Phi) is 11.4. The van der Waals surface area contributed by atoms with Gasteiger partial charge in [-0.25, -0.2) is 0 Å². The highest BCUT2D eigenvalue weighted by molar-refractivity contribution is 6.51. The zero-order valence-electron chi connectivity index (χ0n) is 67.8. The van der Waals surface area contributed by atoms with Crippen LogP contribution < -0.4 is 0 Å². The van der Waals surface area contributed by atoms with Crippen LogP contribution >= 0.6 is 0 Å². The summed E-state index contributed by atoms with van der Waals surface area (Å²) in [6, 6.07) is 143. The second-order valence-corrected chi connectivity index (χ2v) is 36.7. The van der Waals surface area contributed by atoms with E-state index in [1.54, 1.807) is 0 Å². The van der Waals surface area contributed by atoms with E-state index in [2.05, 4.69) is 376 Å². The molecule has 0 heterocycles. The number of benzene rings is 30. The van der Waals surface area contributed by atoms with Crippen LogP contribution in [0.3, 0.4) is 0 Å². The maximum Gasteiger partial charge on any atom is -0.00137 e. The largest absolute Gasteiger partial charge is 0.0616 e. The summed E-state index contributed by atoms with van der Waals surface area (Å²) in [6.45, 7) is 0. The number of fused-ring (bicyclic) bond motifs is 29. The van der Waals surface area contributed by atoms with Crippen molar-refractivity contribution in [2.45, 2.75) is 0 Å². The van der Waals surface area contributed by atoms with Crippen molar-refractivity contribution in [3.63, 3.8) is 0 Å². The van der Waals surface area contributed by atoms with Crippen molar-refractivity contribution in [1.29, 1.82) is 0 Å². The Hall–Kier alpha value is -16.4. The van der Waals surface area contributed by atoms with Gasteiger partial charge in [-0.05, 0) is 370 Å². The average molecular weight is 1580 g/mol. The Labute approximate surface area is 716 Å². The lowest BCUT2D eigenvalue weighted by Gasteiger charge is -2.15. The predicted molar refractivity (Wildman–Crippen MR) is 550 cm³/mol. The van der Waals surface area contributed by atoms with Crippen LogP contribution in [0.15, 0.2) is 376 Å². The first kappa shape index (κ1) is 64.5. The first-order valence-electron chi connectivity index (χ1n) is 44.5. The second-order valence-electron chi connectivity index (χ2n) is 36.7. The van der Waals surface area contributed by atoms with E-state index in [0.717, 1.165) is 0 Å². The summed E-state index contributed by atoms with van der Waals surface area (Å²) < 4.78 is 0. The minimum Gasteiger partial charge on any atom is -0.0616 e. The zero-order chi connectivity index (χ0) is 80.8. The van der Waals surface area contributed by atoms with Crippen LogP contribution in [0.2, 0.25) is 0 Å². The highest BCUT2D eigenvalue weighted by Gasteiger charge is 2.30. The Morgan fingerprint density at radius 1 is 0.0714 bits per heavy atom. The Balaban J connectivity index is 0.0000000901. The van der Waals surface area contributed by atoms with Gasteiger partial charge >= 0.3 is 0 Å². The second kappa shape index (κ2) is 22.3. The molecule has 0 heteroatoms. The fourth-order valence-electron chi connectivity index (χ4n) is 26.5. The number of rotatable bonds is 0. The normalized spacial score (nSPS) is 13.1. The van der Waals surface area contributed by atoms with E-state index in [-0.39, 0.29) is 0 Å². The van der Waals surface area contributed by atoms with E-state index in [1.807, 2.05) is 0 Å². The summed E-state index contributed by atoms with van der Waals surface area (Å²) in [5, 5.41) is 81.9. The van der Waals surface area contributed by atoms with E-state index >= 15 is 0 Å². The molecule has 0 unspecified atom stereocenters. The van der Waals surface area contributed by atoms with E-state index in [9.17, 15) is 0 Å². The molecule has 0 amide bonds.